The first kappa shape index (κ1) is 24.9. The van der Waals surface area contributed by atoms with Crippen molar-refractivity contribution >= 4 is 34.7 Å². The maximum Gasteiger partial charge on any atom is 0.293 e. The van der Waals surface area contributed by atoms with Crippen LogP contribution in [-0.2, 0) is 17.9 Å². The fourth-order valence-electron chi connectivity index (χ4n) is 3.44. The Morgan fingerprint density at radius 3 is 2.33 bits per heavy atom. The standard InChI is InChI=1S/C26H21FN2O6S/c1-2-34-23-13-19(7-12-22(23)35-16-18-3-8-20(27)9-4-18)14-24-25(30)28(26(31)36-24)15-17-5-10-21(11-6-17)29(32)33/h3-14H,2,15-16H2,1H3/b24-14-. The third kappa shape index (κ3) is 5.89. The number of rotatable bonds is 9. The third-order valence-corrected chi connectivity index (χ3v) is 6.14. The van der Waals surface area contributed by atoms with E-state index < -0.39 is 16.1 Å². The lowest BCUT2D eigenvalue weighted by Crippen LogP contribution is -2.27. The summed E-state index contributed by atoms with van der Waals surface area (Å²) < 4.78 is 24.6. The minimum atomic E-state index is -0.512. The molecule has 36 heavy (non-hydrogen) atoms. The van der Waals surface area contributed by atoms with Crippen LogP contribution in [0.4, 0.5) is 14.9 Å². The highest BCUT2D eigenvalue weighted by molar-refractivity contribution is 8.18. The lowest BCUT2D eigenvalue weighted by molar-refractivity contribution is -0.384. The number of amides is 2. The molecule has 0 radical (unpaired) electrons. The summed E-state index contributed by atoms with van der Waals surface area (Å²) in [7, 11) is 0. The van der Waals surface area contributed by atoms with Gasteiger partial charge in [-0.2, -0.15) is 0 Å². The first-order valence-corrected chi connectivity index (χ1v) is 11.8. The Hall–Kier alpha value is -4.18. The molecule has 0 aromatic heterocycles. The van der Waals surface area contributed by atoms with E-state index in [1.54, 1.807) is 36.4 Å². The van der Waals surface area contributed by atoms with Crippen LogP contribution < -0.4 is 9.47 Å². The first-order valence-electron chi connectivity index (χ1n) is 11.0. The molecular formula is C26H21FN2O6S. The van der Waals surface area contributed by atoms with E-state index in [2.05, 4.69) is 0 Å². The van der Waals surface area contributed by atoms with Gasteiger partial charge in [0.1, 0.15) is 12.4 Å². The summed E-state index contributed by atoms with van der Waals surface area (Å²) in [6.45, 7) is 2.46. The first-order chi connectivity index (χ1) is 17.3. The predicted octanol–water partition coefficient (Wildman–Crippen LogP) is 5.95. The number of nitro groups is 1. The van der Waals surface area contributed by atoms with Gasteiger partial charge in [0.15, 0.2) is 11.5 Å². The van der Waals surface area contributed by atoms with Crippen molar-refractivity contribution in [3.8, 4) is 11.5 Å². The SMILES string of the molecule is CCOc1cc(/C=C2\SC(=O)N(Cc3ccc([N+](=O)[O-])cc3)C2=O)ccc1OCc1ccc(F)cc1. The molecule has 0 bridgehead atoms. The van der Waals surface area contributed by atoms with Gasteiger partial charge >= 0.3 is 0 Å². The minimum Gasteiger partial charge on any atom is -0.490 e. The molecule has 1 aliphatic heterocycles. The van der Waals surface area contributed by atoms with Gasteiger partial charge in [-0.25, -0.2) is 4.39 Å². The second-order valence-electron chi connectivity index (χ2n) is 7.75. The number of nitro benzene ring substituents is 1. The number of hydrogen-bond donors (Lipinski definition) is 0. The molecule has 0 saturated carbocycles. The van der Waals surface area contributed by atoms with Crippen LogP contribution in [0, 0.1) is 15.9 Å². The number of nitrogens with zero attached hydrogens (tertiary/aromatic N) is 2. The maximum atomic E-state index is 13.1. The lowest BCUT2D eigenvalue weighted by atomic mass is 10.1. The molecule has 0 N–H and O–H groups in total. The van der Waals surface area contributed by atoms with Crippen LogP contribution >= 0.6 is 11.8 Å². The molecule has 0 spiro atoms. The normalized spacial score (nSPS) is 14.4. The number of carbonyl (C=O) groups excluding carboxylic acids is 2. The van der Waals surface area contributed by atoms with E-state index in [-0.39, 0.29) is 29.6 Å². The average molecular weight is 509 g/mol. The summed E-state index contributed by atoms with van der Waals surface area (Å²) in [5, 5.41) is 10.4. The van der Waals surface area contributed by atoms with E-state index in [9.17, 15) is 24.1 Å². The quantitative estimate of drug-likeness (QED) is 0.200. The minimum absolute atomic E-state index is 0.0142. The monoisotopic (exact) mass is 508 g/mol. The van der Waals surface area contributed by atoms with Crippen molar-refractivity contribution in [1.82, 2.24) is 4.90 Å². The van der Waals surface area contributed by atoms with E-state index in [4.69, 9.17) is 9.47 Å². The molecule has 4 rings (SSSR count). The van der Waals surface area contributed by atoms with Crippen molar-refractivity contribution in [2.75, 3.05) is 6.61 Å². The van der Waals surface area contributed by atoms with Gasteiger partial charge in [-0.3, -0.25) is 24.6 Å². The molecule has 2 amide bonds. The highest BCUT2D eigenvalue weighted by Crippen LogP contribution is 2.35. The molecular weight excluding hydrogens is 487 g/mol. The van der Waals surface area contributed by atoms with Gasteiger partial charge in [-0.1, -0.05) is 30.3 Å². The van der Waals surface area contributed by atoms with Gasteiger partial charge in [-0.15, -0.1) is 0 Å². The maximum absolute atomic E-state index is 13.1. The van der Waals surface area contributed by atoms with Gasteiger partial charge in [0, 0.05) is 12.1 Å². The second kappa shape index (κ2) is 11.0. The number of halogens is 1. The fraction of sp³-hybridized carbons (Fsp3) is 0.154. The summed E-state index contributed by atoms with van der Waals surface area (Å²) >= 11 is 0.824. The van der Waals surface area contributed by atoms with Crippen LogP contribution in [0.25, 0.3) is 6.08 Å². The Labute approximate surface area is 210 Å². The van der Waals surface area contributed by atoms with Gasteiger partial charge in [0.2, 0.25) is 0 Å². The zero-order valence-electron chi connectivity index (χ0n) is 19.2. The van der Waals surface area contributed by atoms with Crippen molar-refractivity contribution in [2.45, 2.75) is 20.1 Å². The molecule has 1 fully saturated rings. The van der Waals surface area contributed by atoms with Crippen LogP contribution in [0.15, 0.2) is 71.6 Å². The number of hydrogen-bond acceptors (Lipinski definition) is 7. The van der Waals surface area contributed by atoms with Gasteiger partial charge in [0.25, 0.3) is 16.8 Å². The fourth-order valence-corrected chi connectivity index (χ4v) is 4.28. The van der Waals surface area contributed by atoms with Crippen LogP contribution in [0.2, 0.25) is 0 Å². The van der Waals surface area contributed by atoms with E-state index in [1.807, 2.05) is 6.92 Å². The van der Waals surface area contributed by atoms with E-state index >= 15 is 0 Å². The molecule has 3 aromatic carbocycles. The predicted molar refractivity (Wildman–Crippen MR) is 133 cm³/mol. The van der Waals surface area contributed by atoms with E-state index in [1.165, 1.54) is 36.4 Å². The highest BCUT2D eigenvalue weighted by Gasteiger charge is 2.35. The molecule has 3 aromatic rings. The summed E-state index contributed by atoms with van der Waals surface area (Å²) in [4.78, 5) is 37.0. The van der Waals surface area contributed by atoms with Crippen molar-refractivity contribution in [1.29, 1.82) is 0 Å². The van der Waals surface area contributed by atoms with Crippen LogP contribution in [0.1, 0.15) is 23.6 Å². The topological polar surface area (TPSA) is 99.0 Å². The summed E-state index contributed by atoms with van der Waals surface area (Å²) in [6.07, 6.45) is 1.60. The van der Waals surface area contributed by atoms with Crippen LogP contribution in [0.3, 0.4) is 0 Å². The Morgan fingerprint density at radius 1 is 0.972 bits per heavy atom. The molecule has 1 heterocycles. The van der Waals surface area contributed by atoms with Gasteiger partial charge in [0.05, 0.1) is 23.0 Å². The molecule has 0 aliphatic carbocycles. The number of non-ortho nitro benzene ring substituents is 1. The summed E-state index contributed by atoms with van der Waals surface area (Å²) in [6, 6.07) is 16.9. The number of benzene rings is 3. The molecule has 10 heteroatoms. The molecule has 1 aliphatic rings. The molecule has 184 valence electrons. The summed E-state index contributed by atoms with van der Waals surface area (Å²) in [5.74, 6) is 0.191. The van der Waals surface area contributed by atoms with Gasteiger partial charge < -0.3 is 9.47 Å². The van der Waals surface area contributed by atoms with Crippen molar-refractivity contribution in [3.63, 3.8) is 0 Å². The molecule has 8 nitrogen and oxygen atoms in total. The smallest absolute Gasteiger partial charge is 0.293 e. The molecule has 1 saturated heterocycles. The number of carbonyl (C=O) groups is 2. The number of thioether (sulfide) groups is 1. The third-order valence-electron chi connectivity index (χ3n) is 5.23. The van der Waals surface area contributed by atoms with Crippen LogP contribution in [-0.4, -0.2) is 27.6 Å². The zero-order chi connectivity index (χ0) is 25.7. The second-order valence-corrected chi connectivity index (χ2v) is 8.74. The van der Waals surface area contributed by atoms with Gasteiger partial charge in [-0.05, 0) is 65.7 Å². The summed E-state index contributed by atoms with van der Waals surface area (Å²) in [5.41, 5.74) is 1.98. The van der Waals surface area contributed by atoms with Crippen LogP contribution in [0.5, 0.6) is 11.5 Å². The van der Waals surface area contributed by atoms with E-state index in [0.29, 0.717) is 29.2 Å². The number of imide groups is 1. The Kier molecular flexibility index (Phi) is 7.65. The number of ether oxygens (including phenoxy) is 2. The molecule has 0 unspecified atom stereocenters. The Morgan fingerprint density at radius 2 is 1.67 bits per heavy atom. The van der Waals surface area contributed by atoms with E-state index in [0.717, 1.165) is 22.2 Å². The lowest BCUT2D eigenvalue weighted by Gasteiger charge is -2.13. The Bertz CT molecular complexity index is 1330. The largest absolute Gasteiger partial charge is 0.490 e. The van der Waals surface area contributed by atoms with Crippen molar-refractivity contribution < 1.29 is 28.4 Å². The zero-order valence-corrected chi connectivity index (χ0v) is 20.0. The highest BCUT2D eigenvalue weighted by atomic mass is 32.2. The van der Waals surface area contributed by atoms with Crippen molar-refractivity contribution in [2.24, 2.45) is 0 Å². The van der Waals surface area contributed by atoms with Crippen molar-refractivity contribution in [3.05, 3.63) is 104 Å². The Balaban J connectivity index is 1.48. The average Bonchev–Trinajstić information content (AvgIpc) is 3.12. The molecule has 0 atom stereocenters.